The van der Waals surface area contributed by atoms with E-state index in [1.54, 1.807) is 7.11 Å². The van der Waals surface area contributed by atoms with Gasteiger partial charge in [-0.1, -0.05) is 5.16 Å². The smallest absolute Gasteiger partial charge is 0.232 e. The van der Waals surface area contributed by atoms with Crippen molar-refractivity contribution in [3.8, 4) is 0 Å². The molecule has 3 unspecified atom stereocenters. The van der Waals surface area contributed by atoms with E-state index in [1.807, 2.05) is 18.7 Å². The Morgan fingerprint density at radius 2 is 2.44 bits per heavy atom. The first-order valence-corrected chi connectivity index (χ1v) is 6.54. The van der Waals surface area contributed by atoms with Crippen LogP contribution in [0.1, 0.15) is 24.6 Å². The van der Waals surface area contributed by atoms with Gasteiger partial charge in [0.2, 0.25) is 5.89 Å². The van der Waals surface area contributed by atoms with Crippen LogP contribution in [0.3, 0.4) is 0 Å². The number of nitrogens with two attached hydrogens (primary N) is 1. The highest BCUT2D eigenvalue weighted by atomic mass is 32.2. The van der Waals surface area contributed by atoms with Crippen molar-refractivity contribution in [2.24, 2.45) is 5.73 Å². The van der Waals surface area contributed by atoms with E-state index in [0.29, 0.717) is 18.1 Å². The zero-order chi connectivity index (χ0) is 11.5. The van der Waals surface area contributed by atoms with Gasteiger partial charge in [-0.15, -0.1) is 0 Å². The third kappa shape index (κ3) is 2.56. The Hall–Kier alpha value is -0.590. The lowest BCUT2D eigenvalue weighted by atomic mass is 10.1. The fraction of sp³-hybridized carbons (Fsp3) is 0.800. The Labute approximate surface area is 99.1 Å². The van der Waals surface area contributed by atoms with E-state index in [4.69, 9.17) is 15.0 Å². The molecule has 1 aliphatic rings. The largest absolute Gasteiger partial charge is 0.381 e. The minimum Gasteiger partial charge on any atom is -0.381 e. The molecule has 0 radical (unpaired) electrons. The van der Waals surface area contributed by atoms with Gasteiger partial charge in [-0.05, 0) is 6.92 Å². The molecule has 1 saturated heterocycles. The lowest BCUT2D eigenvalue weighted by Gasteiger charge is -2.08. The summed E-state index contributed by atoms with van der Waals surface area (Å²) in [4.78, 5) is 4.38. The van der Waals surface area contributed by atoms with Crippen LogP contribution in [0.5, 0.6) is 0 Å². The molecule has 2 heterocycles. The minimum atomic E-state index is 0.108. The number of thioether (sulfide) groups is 1. The third-order valence-electron chi connectivity index (χ3n) is 2.80. The van der Waals surface area contributed by atoms with Gasteiger partial charge in [-0.2, -0.15) is 16.7 Å². The zero-order valence-electron chi connectivity index (χ0n) is 9.55. The van der Waals surface area contributed by atoms with E-state index >= 15 is 0 Å². The highest BCUT2D eigenvalue weighted by Crippen LogP contribution is 2.30. The highest BCUT2D eigenvalue weighted by molar-refractivity contribution is 7.99. The first-order valence-electron chi connectivity index (χ1n) is 5.39. The maximum atomic E-state index is 5.97. The summed E-state index contributed by atoms with van der Waals surface area (Å²) in [6.45, 7) is 1.98. The van der Waals surface area contributed by atoms with Crippen molar-refractivity contribution in [1.29, 1.82) is 0 Å². The van der Waals surface area contributed by atoms with Crippen LogP contribution in [-0.4, -0.2) is 40.9 Å². The standard InChI is InChI=1S/C10H17N3O2S/c1-6(14-2)3-9-12-10(15-13-9)7-4-16-5-8(7)11/h6-8H,3-5,11H2,1-2H3. The van der Waals surface area contributed by atoms with E-state index < -0.39 is 0 Å². The van der Waals surface area contributed by atoms with Crippen molar-refractivity contribution in [3.05, 3.63) is 11.7 Å². The summed E-state index contributed by atoms with van der Waals surface area (Å²) in [6, 6.07) is 0.137. The van der Waals surface area contributed by atoms with Gasteiger partial charge < -0.3 is 15.0 Å². The molecule has 90 valence electrons. The van der Waals surface area contributed by atoms with Gasteiger partial charge in [0.1, 0.15) is 0 Å². The van der Waals surface area contributed by atoms with Crippen molar-refractivity contribution in [3.63, 3.8) is 0 Å². The van der Waals surface area contributed by atoms with Crippen molar-refractivity contribution in [2.45, 2.75) is 31.4 Å². The van der Waals surface area contributed by atoms with Crippen LogP contribution in [0.4, 0.5) is 0 Å². The normalized spacial score (nSPS) is 27.2. The summed E-state index contributed by atoms with van der Waals surface area (Å²) in [5.41, 5.74) is 5.97. The van der Waals surface area contributed by atoms with Crippen LogP contribution in [0, 0.1) is 0 Å². The highest BCUT2D eigenvalue weighted by Gasteiger charge is 2.30. The van der Waals surface area contributed by atoms with Gasteiger partial charge in [0.25, 0.3) is 0 Å². The SMILES string of the molecule is COC(C)Cc1noc(C2CSCC2N)n1. The first kappa shape index (κ1) is 11.9. The van der Waals surface area contributed by atoms with Crippen LogP contribution in [0.2, 0.25) is 0 Å². The Morgan fingerprint density at radius 1 is 1.62 bits per heavy atom. The number of nitrogens with zero attached hydrogens (tertiary/aromatic N) is 2. The number of hydrogen-bond donors (Lipinski definition) is 1. The molecule has 3 atom stereocenters. The average molecular weight is 243 g/mol. The summed E-state index contributed by atoms with van der Waals surface area (Å²) < 4.78 is 10.4. The maximum Gasteiger partial charge on any atom is 0.232 e. The molecular formula is C10H17N3O2S. The molecule has 16 heavy (non-hydrogen) atoms. The summed E-state index contributed by atoms with van der Waals surface area (Å²) in [7, 11) is 1.68. The average Bonchev–Trinajstić information content (AvgIpc) is 2.86. The summed E-state index contributed by atoms with van der Waals surface area (Å²) >= 11 is 1.84. The molecule has 2 rings (SSSR count). The molecule has 0 amide bonds. The predicted molar refractivity (Wildman–Crippen MR) is 62.5 cm³/mol. The lowest BCUT2D eigenvalue weighted by molar-refractivity contribution is 0.116. The van der Waals surface area contributed by atoms with Crippen LogP contribution >= 0.6 is 11.8 Å². The van der Waals surface area contributed by atoms with Crippen LogP contribution in [0.25, 0.3) is 0 Å². The van der Waals surface area contributed by atoms with Crippen LogP contribution in [-0.2, 0) is 11.2 Å². The van der Waals surface area contributed by atoms with E-state index in [0.717, 1.165) is 11.5 Å². The molecule has 0 aromatic carbocycles. The van der Waals surface area contributed by atoms with Crippen LogP contribution in [0.15, 0.2) is 4.52 Å². The molecule has 6 heteroatoms. The van der Waals surface area contributed by atoms with Crippen molar-refractivity contribution >= 4 is 11.8 Å². The fourth-order valence-corrected chi connectivity index (χ4v) is 2.95. The van der Waals surface area contributed by atoms with Gasteiger partial charge in [0.15, 0.2) is 5.82 Å². The zero-order valence-corrected chi connectivity index (χ0v) is 10.4. The molecular weight excluding hydrogens is 226 g/mol. The topological polar surface area (TPSA) is 74.2 Å². The molecule has 0 bridgehead atoms. The van der Waals surface area contributed by atoms with E-state index in [1.165, 1.54) is 0 Å². The van der Waals surface area contributed by atoms with Gasteiger partial charge in [-0.25, -0.2) is 0 Å². The van der Waals surface area contributed by atoms with Crippen LogP contribution < -0.4 is 5.73 Å². The summed E-state index contributed by atoms with van der Waals surface area (Å²) in [5.74, 6) is 3.54. The second-order valence-electron chi connectivity index (χ2n) is 4.11. The lowest BCUT2D eigenvalue weighted by Crippen LogP contribution is -2.26. The minimum absolute atomic E-state index is 0.108. The second-order valence-corrected chi connectivity index (χ2v) is 5.18. The Morgan fingerprint density at radius 3 is 3.06 bits per heavy atom. The molecule has 1 fully saturated rings. The number of ether oxygens (including phenoxy) is 1. The molecule has 2 N–H and O–H groups in total. The summed E-state index contributed by atoms with van der Waals surface area (Å²) in [5, 5.41) is 3.95. The number of methoxy groups -OCH3 is 1. The number of hydrogen-bond acceptors (Lipinski definition) is 6. The van der Waals surface area contributed by atoms with Gasteiger partial charge in [0, 0.05) is 31.1 Å². The van der Waals surface area contributed by atoms with Crippen molar-refractivity contribution < 1.29 is 9.26 Å². The maximum absolute atomic E-state index is 5.97. The quantitative estimate of drug-likeness (QED) is 0.843. The van der Waals surface area contributed by atoms with E-state index in [-0.39, 0.29) is 18.1 Å². The Bertz CT molecular complexity index is 345. The molecule has 0 spiro atoms. The molecule has 5 nitrogen and oxygen atoms in total. The molecule has 1 aliphatic heterocycles. The first-order chi connectivity index (χ1) is 7.70. The molecule has 0 aliphatic carbocycles. The third-order valence-corrected chi connectivity index (χ3v) is 4.01. The monoisotopic (exact) mass is 243 g/mol. The predicted octanol–water partition coefficient (Wildman–Crippen LogP) is 0.805. The van der Waals surface area contributed by atoms with E-state index in [2.05, 4.69) is 10.1 Å². The fourth-order valence-electron chi connectivity index (χ4n) is 1.67. The molecule has 1 aromatic rings. The van der Waals surface area contributed by atoms with Gasteiger partial charge >= 0.3 is 0 Å². The molecule has 1 aromatic heterocycles. The van der Waals surface area contributed by atoms with Gasteiger partial charge in [0.05, 0.1) is 12.0 Å². The Kier molecular flexibility index (Phi) is 3.83. The van der Waals surface area contributed by atoms with E-state index in [9.17, 15) is 0 Å². The van der Waals surface area contributed by atoms with Crippen molar-refractivity contribution in [1.82, 2.24) is 10.1 Å². The number of aromatic nitrogens is 2. The van der Waals surface area contributed by atoms with Crippen molar-refractivity contribution in [2.75, 3.05) is 18.6 Å². The summed E-state index contributed by atoms with van der Waals surface area (Å²) in [6.07, 6.45) is 0.784. The second kappa shape index (κ2) is 5.16. The number of rotatable bonds is 4. The molecule has 0 saturated carbocycles. The van der Waals surface area contributed by atoms with Gasteiger partial charge in [-0.3, -0.25) is 0 Å². The Balaban J connectivity index is 2.01.